The first-order valence-corrected chi connectivity index (χ1v) is 10.5. The summed E-state index contributed by atoms with van der Waals surface area (Å²) >= 11 is 6.03. The number of benzene rings is 2. The first-order chi connectivity index (χ1) is 15.5. The van der Waals surface area contributed by atoms with Gasteiger partial charge in [-0.2, -0.15) is 0 Å². The number of halogens is 2. The second-order valence-corrected chi connectivity index (χ2v) is 7.66. The van der Waals surface area contributed by atoms with Crippen LogP contribution in [0.3, 0.4) is 0 Å². The number of morpholine rings is 1. The topological polar surface area (TPSA) is 66.5 Å². The highest BCUT2D eigenvalue weighted by Gasteiger charge is 2.26. The molecule has 2 aromatic carbocycles. The summed E-state index contributed by atoms with van der Waals surface area (Å²) in [7, 11) is 4.60. The summed E-state index contributed by atoms with van der Waals surface area (Å²) < 4.78 is 40.8. The average Bonchev–Trinajstić information content (AvgIpc) is 2.80. The first-order valence-electron chi connectivity index (χ1n) is 10.2. The van der Waals surface area contributed by atoms with Crippen molar-refractivity contribution in [2.45, 2.75) is 19.1 Å². The highest BCUT2D eigenvalue weighted by Crippen LogP contribution is 2.40. The Morgan fingerprint density at radius 1 is 1.12 bits per heavy atom. The number of amides is 1. The normalized spacial score (nSPS) is 16.0. The summed E-state index contributed by atoms with van der Waals surface area (Å²) in [6, 6.07) is 7.72. The van der Waals surface area contributed by atoms with Gasteiger partial charge in [-0.05, 0) is 23.8 Å². The number of carbonyl (C=O) groups is 1. The van der Waals surface area contributed by atoms with Crippen LogP contribution in [-0.2, 0) is 27.3 Å². The molecule has 9 heteroatoms. The van der Waals surface area contributed by atoms with E-state index in [0.717, 1.165) is 0 Å². The summed E-state index contributed by atoms with van der Waals surface area (Å²) in [5, 5.41) is 0.315. The molecule has 1 saturated heterocycles. The predicted molar refractivity (Wildman–Crippen MR) is 117 cm³/mol. The number of rotatable bonds is 9. The van der Waals surface area contributed by atoms with E-state index in [-0.39, 0.29) is 31.6 Å². The zero-order valence-corrected chi connectivity index (χ0v) is 19.1. The third kappa shape index (κ3) is 5.82. The van der Waals surface area contributed by atoms with Crippen molar-refractivity contribution in [3.05, 3.63) is 52.3 Å². The molecule has 0 radical (unpaired) electrons. The summed E-state index contributed by atoms with van der Waals surface area (Å²) in [4.78, 5) is 14.7. The van der Waals surface area contributed by atoms with Crippen LogP contribution in [0.5, 0.6) is 17.2 Å². The zero-order chi connectivity index (χ0) is 23.1. The van der Waals surface area contributed by atoms with Crippen LogP contribution in [0.4, 0.5) is 4.39 Å². The van der Waals surface area contributed by atoms with E-state index in [9.17, 15) is 9.18 Å². The Bertz CT molecular complexity index is 941. The van der Waals surface area contributed by atoms with Gasteiger partial charge in [0, 0.05) is 23.7 Å². The van der Waals surface area contributed by atoms with Crippen LogP contribution in [0.15, 0.2) is 30.3 Å². The van der Waals surface area contributed by atoms with E-state index in [4.69, 9.17) is 35.3 Å². The third-order valence-electron chi connectivity index (χ3n) is 5.20. The first kappa shape index (κ1) is 24.1. The molecule has 0 N–H and O–H groups in total. The van der Waals surface area contributed by atoms with Crippen molar-refractivity contribution in [2.24, 2.45) is 0 Å². The monoisotopic (exact) mass is 467 g/mol. The molecule has 0 saturated carbocycles. The largest absolute Gasteiger partial charge is 0.493 e. The van der Waals surface area contributed by atoms with Crippen molar-refractivity contribution in [1.29, 1.82) is 0 Å². The van der Waals surface area contributed by atoms with Gasteiger partial charge in [0.25, 0.3) is 0 Å². The lowest BCUT2D eigenvalue weighted by molar-refractivity contribution is -0.140. The number of hydrogen-bond donors (Lipinski definition) is 0. The van der Waals surface area contributed by atoms with E-state index in [1.807, 2.05) is 0 Å². The molecule has 1 fully saturated rings. The molecule has 32 heavy (non-hydrogen) atoms. The van der Waals surface area contributed by atoms with Crippen LogP contribution >= 0.6 is 11.6 Å². The van der Waals surface area contributed by atoms with Gasteiger partial charge in [0.2, 0.25) is 11.7 Å². The molecular formula is C23H27ClFNO6. The molecule has 0 aliphatic carbocycles. The Labute approximate surface area is 191 Å². The highest BCUT2D eigenvalue weighted by atomic mass is 35.5. The van der Waals surface area contributed by atoms with Crippen molar-refractivity contribution in [2.75, 3.05) is 47.6 Å². The summed E-state index contributed by atoms with van der Waals surface area (Å²) in [6.07, 6.45) is -0.110. The SMILES string of the molecule is COc1ccc(CC(=O)N2CCO[C@@H](COCc3ccc(F)cc3Cl)C2)c(OC)c1OC. The molecule has 3 rings (SSSR count). The second-order valence-electron chi connectivity index (χ2n) is 7.25. The summed E-state index contributed by atoms with van der Waals surface area (Å²) in [5.74, 6) is 1.02. The second kappa shape index (κ2) is 11.4. The van der Waals surface area contributed by atoms with E-state index in [1.54, 1.807) is 30.2 Å². The Morgan fingerprint density at radius 2 is 1.88 bits per heavy atom. The van der Waals surface area contributed by atoms with Gasteiger partial charge < -0.3 is 28.6 Å². The Hall–Kier alpha value is -2.55. The Balaban J connectivity index is 1.57. The van der Waals surface area contributed by atoms with Gasteiger partial charge >= 0.3 is 0 Å². The maximum Gasteiger partial charge on any atom is 0.227 e. The summed E-state index contributed by atoms with van der Waals surface area (Å²) in [6.45, 7) is 1.84. The van der Waals surface area contributed by atoms with Gasteiger partial charge in [0.05, 0.1) is 53.7 Å². The van der Waals surface area contributed by atoms with E-state index in [1.165, 1.54) is 26.4 Å². The molecular weight excluding hydrogens is 441 g/mol. The lowest BCUT2D eigenvalue weighted by atomic mass is 10.1. The molecule has 1 amide bonds. The maximum absolute atomic E-state index is 13.2. The van der Waals surface area contributed by atoms with Gasteiger partial charge in [0.1, 0.15) is 5.82 Å². The molecule has 0 unspecified atom stereocenters. The van der Waals surface area contributed by atoms with Crippen LogP contribution in [0.2, 0.25) is 5.02 Å². The molecule has 1 heterocycles. The number of ether oxygens (including phenoxy) is 5. The van der Waals surface area contributed by atoms with Crippen LogP contribution in [0.25, 0.3) is 0 Å². The van der Waals surface area contributed by atoms with Gasteiger partial charge in [0.15, 0.2) is 11.5 Å². The number of carbonyl (C=O) groups excluding carboxylic acids is 1. The number of hydrogen-bond acceptors (Lipinski definition) is 6. The minimum absolute atomic E-state index is 0.0506. The molecule has 7 nitrogen and oxygen atoms in total. The zero-order valence-electron chi connectivity index (χ0n) is 18.4. The standard InChI is InChI=1S/C23H27ClFNO6/c1-28-20-7-5-15(22(29-2)23(20)30-3)10-21(27)26-8-9-32-18(12-26)14-31-13-16-4-6-17(25)11-19(16)24/h4-7,11,18H,8-10,12-14H2,1-3H3/t18-/m1/s1. The third-order valence-corrected chi connectivity index (χ3v) is 5.55. The van der Waals surface area contributed by atoms with Gasteiger partial charge in [-0.25, -0.2) is 4.39 Å². The van der Waals surface area contributed by atoms with E-state index in [0.29, 0.717) is 53.1 Å². The Kier molecular flexibility index (Phi) is 8.55. The average molecular weight is 468 g/mol. The molecule has 1 aliphatic heterocycles. The van der Waals surface area contributed by atoms with Crippen molar-refractivity contribution >= 4 is 17.5 Å². The molecule has 0 bridgehead atoms. The quantitative estimate of drug-likeness (QED) is 0.562. The van der Waals surface area contributed by atoms with Gasteiger partial charge in [-0.15, -0.1) is 0 Å². The van der Waals surface area contributed by atoms with Gasteiger partial charge in [-0.1, -0.05) is 23.7 Å². The van der Waals surface area contributed by atoms with Crippen LogP contribution < -0.4 is 14.2 Å². The van der Waals surface area contributed by atoms with Crippen molar-refractivity contribution in [1.82, 2.24) is 4.90 Å². The molecule has 0 spiro atoms. The van der Waals surface area contributed by atoms with E-state index < -0.39 is 5.82 Å². The van der Waals surface area contributed by atoms with Crippen LogP contribution in [0.1, 0.15) is 11.1 Å². The minimum atomic E-state index is -0.394. The fourth-order valence-electron chi connectivity index (χ4n) is 3.56. The van der Waals surface area contributed by atoms with Crippen molar-refractivity contribution in [3.8, 4) is 17.2 Å². The maximum atomic E-state index is 13.2. The van der Waals surface area contributed by atoms with Crippen molar-refractivity contribution in [3.63, 3.8) is 0 Å². The fourth-order valence-corrected chi connectivity index (χ4v) is 3.78. The summed E-state index contributed by atoms with van der Waals surface area (Å²) in [5.41, 5.74) is 1.40. The predicted octanol–water partition coefficient (Wildman–Crippen LogP) is 3.49. The minimum Gasteiger partial charge on any atom is -0.493 e. The van der Waals surface area contributed by atoms with E-state index >= 15 is 0 Å². The Morgan fingerprint density at radius 3 is 2.56 bits per heavy atom. The van der Waals surface area contributed by atoms with E-state index in [2.05, 4.69) is 0 Å². The lowest BCUT2D eigenvalue weighted by Crippen LogP contribution is -2.47. The molecule has 0 aromatic heterocycles. The van der Waals surface area contributed by atoms with Crippen LogP contribution in [-0.4, -0.2) is 64.5 Å². The van der Waals surface area contributed by atoms with Crippen LogP contribution in [0, 0.1) is 5.82 Å². The van der Waals surface area contributed by atoms with Crippen molar-refractivity contribution < 1.29 is 32.9 Å². The molecule has 1 aliphatic rings. The van der Waals surface area contributed by atoms with Gasteiger partial charge in [-0.3, -0.25) is 4.79 Å². The number of nitrogens with zero attached hydrogens (tertiary/aromatic N) is 1. The molecule has 2 aromatic rings. The fraction of sp³-hybridized carbons (Fsp3) is 0.435. The molecule has 1 atom stereocenters. The smallest absolute Gasteiger partial charge is 0.227 e. The molecule has 174 valence electrons. The highest BCUT2D eigenvalue weighted by molar-refractivity contribution is 6.31. The number of methoxy groups -OCH3 is 3. The lowest BCUT2D eigenvalue weighted by Gasteiger charge is -2.33.